The number of nitrogens with one attached hydrogen (secondary N) is 1. The smallest absolute Gasteiger partial charge is 0.296 e. The Morgan fingerprint density at radius 3 is 2.96 bits per heavy atom. The minimum atomic E-state index is -0.312. The Hall–Kier alpha value is -2.51. The van der Waals surface area contributed by atoms with Gasteiger partial charge in [0.05, 0.1) is 11.4 Å². The lowest BCUT2D eigenvalue weighted by molar-refractivity contribution is 0.0988. The molecule has 1 aromatic carbocycles. The van der Waals surface area contributed by atoms with Gasteiger partial charge in [-0.25, -0.2) is 4.98 Å². The van der Waals surface area contributed by atoms with Gasteiger partial charge >= 0.3 is 0 Å². The summed E-state index contributed by atoms with van der Waals surface area (Å²) in [5, 5.41) is 7.16. The maximum absolute atomic E-state index is 12.2. The summed E-state index contributed by atoms with van der Waals surface area (Å²) in [6, 6.07) is 12.1. The number of hydrogen-bond acceptors (Lipinski definition) is 6. The first-order valence-corrected chi connectivity index (χ1v) is 8.98. The molecule has 25 heavy (non-hydrogen) atoms. The molecular formula is C18H18N4O2S. The molecule has 128 valence electrons. The third kappa shape index (κ3) is 3.62. The van der Waals surface area contributed by atoms with Crippen molar-refractivity contribution in [1.82, 2.24) is 15.0 Å². The topological polar surface area (TPSA) is 71.3 Å². The highest BCUT2D eigenvalue weighted by atomic mass is 32.1. The number of rotatable bonds is 4. The van der Waals surface area contributed by atoms with Crippen LogP contribution in [-0.4, -0.2) is 27.5 Å². The minimum Gasteiger partial charge on any atom is -0.351 e. The Morgan fingerprint density at radius 2 is 2.20 bits per heavy atom. The summed E-state index contributed by atoms with van der Waals surface area (Å²) < 4.78 is 4.99. The van der Waals surface area contributed by atoms with Crippen LogP contribution in [0, 0.1) is 6.92 Å². The molecule has 0 radical (unpaired) electrons. The van der Waals surface area contributed by atoms with Gasteiger partial charge in [0.2, 0.25) is 5.76 Å². The average Bonchev–Trinajstić information content (AvgIpc) is 3.21. The number of carbonyl (C=O) groups excluding carboxylic acids is 1. The van der Waals surface area contributed by atoms with E-state index >= 15 is 0 Å². The molecule has 0 spiro atoms. The zero-order valence-corrected chi connectivity index (χ0v) is 14.7. The SMILES string of the molecule is Cc1cc(C(=O)Nc2nc3c(s2)CN(Cc2ccccc2)CC3)on1. The highest BCUT2D eigenvalue weighted by molar-refractivity contribution is 7.15. The molecule has 1 amide bonds. The summed E-state index contributed by atoms with van der Waals surface area (Å²) >= 11 is 1.53. The monoisotopic (exact) mass is 354 g/mol. The fourth-order valence-electron chi connectivity index (χ4n) is 2.91. The van der Waals surface area contributed by atoms with Crippen molar-refractivity contribution in [2.45, 2.75) is 26.4 Å². The van der Waals surface area contributed by atoms with Crippen molar-refractivity contribution < 1.29 is 9.32 Å². The maximum Gasteiger partial charge on any atom is 0.296 e. The molecule has 0 bridgehead atoms. The lowest BCUT2D eigenvalue weighted by atomic mass is 10.1. The second-order valence-corrected chi connectivity index (χ2v) is 7.21. The molecule has 2 aromatic heterocycles. The van der Waals surface area contributed by atoms with Gasteiger partial charge in [-0.05, 0) is 12.5 Å². The molecule has 1 aliphatic heterocycles. The number of nitrogens with zero attached hydrogens (tertiary/aromatic N) is 3. The second kappa shape index (κ2) is 6.78. The number of aromatic nitrogens is 2. The Bertz CT molecular complexity index is 888. The molecule has 4 rings (SSSR count). The molecule has 1 aliphatic rings. The van der Waals surface area contributed by atoms with Crippen LogP contribution >= 0.6 is 11.3 Å². The van der Waals surface area contributed by atoms with Crippen LogP contribution in [-0.2, 0) is 19.5 Å². The van der Waals surface area contributed by atoms with Crippen molar-refractivity contribution in [3.8, 4) is 0 Å². The van der Waals surface area contributed by atoms with Gasteiger partial charge in [-0.1, -0.05) is 35.5 Å². The van der Waals surface area contributed by atoms with Crippen molar-refractivity contribution in [3.63, 3.8) is 0 Å². The summed E-state index contributed by atoms with van der Waals surface area (Å²) in [5.74, 6) is -0.107. The van der Waals surface area contributed by atoms with Crippen LogP contribution in [0.3, 0.4) is 0 Å². The molecule has 0 unspecified atom stereocenters. The molecule has 0 saturated heterocycles. The quantitative estimate of drug-likeness (QED) is 0.779. The number of amides is 1. The fourth-order valence-corrected chi connectivity index (χ4v) is 3.95. The summed E-state index contributed by atoms with van der Waals surface area (Å²) in [6.07, 6.45) is 0.899. The molecule has 0 fully saturated rings. The minimum absolute atomic E-state index is 0.205. The first-order chi connectivity index (χ1) is 12.2. The average molecular weight is 354 g/mol. The van der Waals surface area contributed by atoms with E-state index in [0.717, 1.165) is 31.7 Å². The van der Waals surface area contributed by atoms with E-state index in [-0.39, 0.29) is 11.7 Å². The molecular weight excluding hydrogens is 336 g/mol. The summed E-state index contributed by atoms with van der Waals surface area (Å²) in [6.45, 7) is 4.54. The van der Waals surface area contributed by atoms with Crippen LogP contribution in [0.15, 0.2) is 40.9 Å². The molecule has 0 atom stereocenters. The maximum atomic E-state index is 12.2. The summed E-state index contributed by atoms with van der Waals surface area (Å²) in [5.41, 5.74) is 3.07. The Labute approximate surface area is 149 Å². The Morgan fingerprint density at radius 1 is 1.36 bits per heavy atom. The van der Waals surface area contributed by atoms with Crippen molar-refractivity contribution in [3.05, 3.63) is 64.0 Å². The van der Waals surface area contributed by atoms with E-state index in [0.29, 0.717) is 10.8 Å². The van der Waals surface area contributed by atoms with Gasteiger partial charge in [-0.2, -0.15) is 0 Å². The molecule has 1 N–H and O–H groups in total. The fraction of sp³-hybridized carbons (Fsp3) is 0.278. The third-order valence-electron chi connectivity index (χ3n) is 4.13. The van der Waals surface area contributed by atoms with Crippen LogP contribution in [0.2, 0.25) is 0 Å². The van der Waals surface area contributed by atoms with E-state index < -0.39 is 0 Å². The summed E-state index contributed by atoms with van der Waals surface area (Å²) in [4.78, 5) is 20.3. The van der Waals surface area contributed by atoms with Gasteiger partial charge in [0.15, 0.2) is 5.13 Å². The van der Waals surface area contributed by atoms with Gasteiger partial charge in [-0.3, -0.25) is 15.0 Å². The van der Waals surface area contributed by atoms with E-state index in [4.69, 9.17) is 4.52 Å². The number of aryl methyl sites for hydroxylation is 1. The predicted molar refractivity (Wildman–Crippen MR) is 95.6 cm³/mol. The molecule has 6 nitrogen and oxygen atoms in total. The zero-order valence-electron chi connectivity index (χ0n) is 13.9. The van der Waals surface area contributed by atoms with Crippen molar-refractivity contribution >= 4 is 22.4 Å². The van der Waals surface area contributed by atoms with E-state index in [1.807, 2.05) is 6.07 Å². The molecule has 0 saturated carbocycles. The molecule has 3 aromatic rings. The second-order valence-electron chi connectivity index (χ2n) is 6.12. The molecule has 7 heteroatoms. The Kier molecular flexibility index (Phi) is 4.33. The largest absolute Gasteiger partial charge is 0.351 e. The number of hydrogen-bond donors (Lipinski definition) is 1. The van der Waals surface area contributed by atoms with Crippen LogP contribution in [0.4, 0.5) is 5.13 Å². The van der Waals surface area contributed by atoms with Gasteiger partial charge in [0.25, 0.3) is 5.91 Å². The standard InChI is InChI=1S/C18H18N4O2S/c1-12-9-15(24-21-12)17(23)20-18-19-14-7-8-22(11-16(14)25-18)10-13-5-3-2-4-6-13/h2-6,9H,7-8,10-11H2,1H3,(H,19,20,23). The van der Waals surface area contributed by atoms with Crippen LogP contribution < -0.4 is 5.32 Å². The van der Waals surface area contributed by atoms with Crippen molar-refractivity contribution in [2.24, 2.45) is 0 Å². The van der Waals surface area contributed by atoms with E-state index in [1.54, 1.807) is 13.0 Å². The van der Waals surface area contributed by atoms with Crippen LogP contribution in [0.5, 0.6) is 0 Å². The van der Waals surface area contributed by atoms with Crippen molar-refractivity contribution in [1.29, 1.82) is 0 Å². The number of thiazole rings is 1. The highest BCUT2D eigenvalue weighted by Crippen LogP contribution is 2.29. The van der Waals surface area contributed by atoms with E-state index in [2.05, 4.69) is 44.6 Å². The normalized spacial score (nSPS) is 14.3. The summed E-state index contributed by atoms with van der Waals surface area (Å²) in [7, 11) is 0. The van der Waals surface area contributed by atoms with Crippen LogP contribution in [0.1, 0.15) is 32.4 Å². The first kappa shape index (κ1) is 16.0. The first-order valence-electron chi connectivity index (χ1n) is 8.17. The third-order valence-corrected chi connectivity index (χ3v) is 5.13. The van der Waals surface area contributed by atoms with Gasteiger partial charge in [-0.15, -0.1) is 11.3 Å². The van der Waals surface area contributed by atoms with Crippen molar-refractivity contribution in [2.75, 3.05) is 11.9 Å². The lowest BCUT2D eigenvalue weighted by Gasteiger charge is -2.25. The van der Waals surface area contributed by atoms with Gasteiger partial charge in [0.1, 0.15) is 0 Å². The number of benzene rings is 1. The number of fused-ring (bicyclic) bond motifs is 1. The number of anilines is 1. The predicted octanol–water partition coefficient (Wildman–Crippen LogP) is 3.25. The highest BCUT2D eigenvalue weighted by Gasteiger charge is 2.22. The van der Waals surface area contributed by atoms with Gasteiger partial charge < -0.3 is 4.52 Å². The van der Waals surface area contributed by atoms with E-state index in [1.165, 1.54) is 21.8 Å². The lowest BCUT2D eigenvalue weighted by Crippen LogP contribution is -2.29. The van der Waals surface area contributed by atoms with E-state index in [9.17, 15) is 4.79 Å². The van der Waals surface area contributed by atoms with Gasteiger partial charge in [0, 0.05) is 37.0 Å². The molecule has 0 aliphatic carbocycles. The van der Waals surface area contributed by atoms with Crippen LogP contribution in [0.25, 0.3) is 0 Å². The zero-order chi connectivity index (χ0) is 17.2. The molecule has 3 heterocycles. The number of carbonyl (C=O) groups is 1. The Balaban J connectivity index is 1.43.